The van der Waals surface area contributed by atoms with Crippen molar-refractivity contribution in [2.75, 3.05) is 5.32 Å². The zero-order chi connectivity index (χ0) is 14.3. The van der Waals surface area contributed by atoms with Gasteiger partial charge in [-0.25, -0.2) is 9.67 Å². The summed E-state index contributed by atoms with van der Waals surface area (Å²) in [6, 6.07) is 5.97. The van der Waals surface area contributed by atoms with E-state index in [1.807, 2.05) is 25.1 Å². The Balaban J connectivity index is 2.00. The molecule has 2 aromatic heterocycles. The van der Waals surface area contributed by atoms with Crippen LogP contribution in [0.5, 0.6) is 0 Å². The Bertz CT molecular complexity index is 850. The average Bonchev–Trinajstić information content (AvgIpc) is 2.79. The topological polar surface area (TPSA) is 59.8 Å². The van der Waals surface area contributed by atoms with E-state index in [1.165, 1.54) is 4.68 Å². The maximum absolute atomic E-state index is 11.8. The first kappa shape index (κ1) is 12.8. The molecule has 1 N–H and O–H groups in total. The largest absolute Gasteiger partial charge is 0.354 e. The van der Waals surface area contributed by atoms with Gasteiger partial charge in [0.25, 0.3) is 5.56 Å². The Labute approximate surface area is 119 Å². The van der Waals surface area contributed by atoms with E-state index in [0.29, 0.717) is 5.56 Å². The van der Waals surface area contributed by atoms with E-state index >= 15 is 0 Å². The van der Waals surface area contributed by atoms with Crippen molar-refractivity contribution in [2.45, 2.75) is 13.8 Å². The van der Waals surface area contributed by atoms with E-state index in [1.54, 1.807) is 31.5 Å². The zero-order valence-electron chi connectivity index (χ0n) is 11.5. The third kappa shape index (κ3) is 2.18. The van der Waals surface area contributed by atoms with Crippen molar-refractivity contribution in [3.63, 3.8) is 0 Å². The molecule has 6 heteroatoms. The molecular weight excluding hydrogens is 272 g/mol. The number of rotatable bonds is 2. The van der Waals surface area contributed by atoms with Crippen LogP contribution in [0.1, 0.15) is 10.6 Å². The van der Waals surface area contributed by atoms with Crippen molar-refractivity contribution in [1.29, 1.82) is 0 Å². The smallest absolute Gasteiger partial charge is 0.271 e. The second-order valence-corrected chi connectivity index (χ2v) is 5.89. The molecule has 0 saturated heterocycles. The minimum atomic E-state index is -0.0929. The van der Waals surface area contributed by atoms with Crippen LogP contribution in [0, 0.1) is 13.8 Å². The summed E-state index contributed by atoms with van der Waals surface area (Å²) >= 11 is 1.65. The van der Waals surface area contributed by atoms with E-state index in [9.17, 15) is 4.79 Å². The predicted molar refractivity (Wildman–Crippen MR) is 81.9 cm³/mol. The molecule has 2 heterocycles. The van der Waals surface area contributed by atoms with Crippen molar-refractivity contribution in [3.8, 4) is 0 Å². The summed E-state index contributed by atoms with van der Waals surface area (Å²) < 4.78 is 2.46. The average molecular weight is 286 g/mol. The number of hydrogen-bond acceptors (Lipinski definition) is 5. The van der Waals surface area contributed by atoms with Crippen LogP contribution in [-0.4, -0.2) is 14.8 Å². The molecule has 5 nitrogen and oxygen atoms in total. The fourth-order valence-electron chi connectivity index (χ4n) is 2.05. The Kier molecular flexibility index (Phi) is 3.02. The Morgan fingerprint density at radius 1 is 1.30 bits per heavy atom. The normalized spacial score (nSPS) is 10.9. The Morgan fingerprint density at radius 3 is 2.90 bits per heavy atom. The maximum Gasteiger partial charge on any atom is 0.271 e. The van der Waals surface area contributed by atoms with Gasteiger partial charge in [-0.3, -0.25) is 4.79 Å². The summed E-state index contributed by atoms with van der Waals surface area (Å²) in [7, 11) is 1.64. The highest BCUT2D eigenvalue weighted by Crippen LogP contribution is 2.26. The minimum Gasteiger partial charge on any atom is -0.354 e. The van der Waals surface area contributed by atoms with E-state index in [-0.39, 0.29) is 5.56 Å². The van der Waals surface area contributed by atoms with Crippen LogP contribution in [0.4, 0.5) is 11.4 Å². The van der Waals surface area contributed by atoms with Gasteiger partial charge in [0, 0.05) is 18.3 Å². The summed E-state index contributed by atoms with van der Waals surface area (Å²) in [5.74, 6) is 0. The van der Waals surface area contributed by atoms with Gasteiger partial charge >= 0.3 is 0 Å². The molecule has 1 aromatic carbocycles. The predicted octanol–water partition coefficient (Wildman–Crippen LogP) is 2.75. The molecule has 0 atom stereocenters. The number of thiazole rings is 1. The van der Waals surface area contributed by atoms with Crippen molar-refractivity contribution in [2.24, 2.45) is 7.05 Å². The van der Waals surface area contributed by atoms with Crippen molar-refractivity contribution in [3.05, 3.63) is 45.3 Å². The highest BCUT2D eigenvalue weighted by Gasteiger charge is 2.07. The van der Waals surface area contributed by atoms with Crippen LogP contribution in [0.3, 0.4) is 0 Å². The summed E-state index contributed by atoms with van der Waals surface area (Å²) in [6.45, 7) is 3.79. The number of nitrogens with one attached hydrogen (secondary N) is 1. The molecular formula is C14H14N4OS. The fourth-order valence-corrected chi connectivity index (χ4v) is 2.92. The standard InChI is InChI=1S/C14H14N4OS/c1-8-12(7-15-18(3)14(8)19)17-10-4-5-11-13(6-10)20-9(2)16-11/h4-7,17H,1-3H3. The number of benzene rings is 1. The fraction of sp³-hybridized carbons (Fsp3) is 0.214. The van der Waals surface area contributed by atoms with Gasteiger partial charge in [0.15, 0.2) is 0 Å². The molecule has 0 amide bonds. The minimum absolute atomic E-state index is 0.0929. The third-order valence-electron chi connectivity index (χ3n) is 3.15. The number of aryl methyl sites for hydroxylation is 2. The van der Waals surface area contributed by atoms with Crippen LogP contribution < -0.4 is 10.9 Å². The molecule has 3 rings (SSSR count). The van der Waals surface area contributed by atoms with Crippen LogP contribution >= 0.6 is 11.3 Å². The van der Waals surface area contributed by atoms with Gasteiger partial charge in [0.1, 0.15) is 0 Å². The van der Waals surface area contributed by atoms with Crippen molar-refractivity contribution in [1.82, 2.24) is 14.8 Å². The second-order valence-electron chi connectivity index (χ2n) is 4.65. The molecule has 3 aromatic rings. The second kappa shape index (κ2) is 4.72. The van der Waals surface area contributed by atoms with Crippen LogP contribution in [-0.2, 0) is 7.05 Å². The molecule has 0 saturated carbocycles. The van der Waals surface area contributed by atoms with Crippen LogP contribution in [0.2, 0.25) is 0 Å². The summed E-state index contributed by atoms with van der Waals surface area (Å²) in [5.41, 5.74) is 3.22. The monoisotopic (exact) mass is 286 g/mol. The number of fused-ring (bicyclic) bond motifs is 1. The summed E-state index contributed by atoms with van der Waals surface area (Å²) in [6.07, 6.45) is 1.67. The highest BCUT2D eigenvalue weighted by atomic mass is 32.1. The van der Waals surface area contributed by atoms with E-state index < -0.39 is 0 Å². The lowest BCUT2D eigenvalue weighted by molar-refractivity contribution is 0.702. The summed E-state index contributed by atoms with van der Waals surface area (Å²) in [5, 5.41) is 8.32. The van der Waals surface area contributed by atoms with Crippen molar-refractivity contribution >= 4 is 32.9 Å². The molecule has 102 valence electrons. The number of nitrogens with zero attached hydrogens (tertiary/aromatic N) is 3. The Morgan fingerprint density at radius 2 is 2.10 bits per heavy atom. The van der Waals surface area contributed by atoms with E-state index in [4.69, 9.17) is 0 Å². The van der Waals surface area contributed by atoms with Gasteiger partial charge < -0.3 is 5.32 Å². The number of anilines is 2. The molecule has 20 heavy (non-hydrogen) atoms. The Hall–Kier alpha value is -2.21. The SMILES string of the molecule is Cc1nc2ccc(Nc3cnn(C)c(=O)c3C)cc2s1. The molecule has 0 fully saturated rings. The van der Waals surface area contributed by atoms with Crippen LogP contribution in [0.15, 0.2) is 29.2 Å². The first-order valence-electron chi connectivity index (χ1n) is 6.22. The molecule has 0 aliphatic carbocycles. The van der Waals surface area contributed by atoms with Gasteiger partial charge in [-0.15, -0.1) is 11.3 Å². The zero-order valence-corrected chi connectivity index (χ0v) is 12.3. The third-order valence-corrected chi connectivity index (χ3v) is 4.09. The van der Waals surface area contributed by atoms with Gasteiger partial charge in [-0.1, -0.05) is 0 Å². The lowest BCUT2D eigenvalue weighted by Crippen LogP contribution is -2.22. The van der Waals surface area contributed by atoms with E-state index in [2.05, 4.69) is 15.4 Å². The first-order valence-corrected chi connectivity index (χ1v) is 7.03. The highest BCUT2D eigenvalue weighted by molar-refractivity contribution is 7.18. The number of aromatic nitrogens is 3. The lowest BCUT2D eigenvalue weighted by Gasteiger charge is -2.09. The molecule has 0 unspecified atom stereocenters. The van der Waals surface area contributed by atoms with Crippen molar-refractivity contribution < 1.29 is 0 Å². The molecule has 0 bridgehead atoms. The van der Waals surface area contributed by atoms with Gasteiger partial charge in [0.2, 0.25) is 0 Å². The quantitative estimate of drug-likeness (QED) is 0.787. The molecule has 0 radical (unpaired) electrons. The molecule has 0 aliphatic rings. The maximum atomic E-state index is 11.8. The van der Waals surface area contributed by atoms with Gasteiger partial charge in [0.05, 0.1) is 27.1 Å². The molecule has 0 spiro atoms. The summed E-state index contributed by atoms with van der Waals surface area (Å²) in [4.78, 5) is 16.3. The van der Waals surface area contributed by atoms with E-state index in [0.717, 1.165) is 26.6 Å². The first-order chi connectivity index (χ1) is 9.54. The van der Waals surface area contributed by atoms with Gasteiger partial charge in [-0.2, -0.15) is 5.10 Å². The van der Waals surface area contributed by atoms with Gasteiger partial charge in [-0.05, 0) is 32.0 Å². The lowest BCUT2D eigenvalue weighted by atomic mass is 10.2. The number of hydrogen-bond donors (Lipinski definition) is 1. The van der Waals surface area contributed by atoms with Crippen LogP contribution in [0.25, 0.3) is 10.2 Å². The molecule has 0 aliphatic heterocycles.